The van der Waals surface area contributed by atoms with Crippen LogP contribution in [-0.2, 0) is 6.61 Å². The second-order valence-corrected chi connectivity index (χ2v) is 7.68. The Kier molecular flexibility index (Phi) is 4.75. The number of aromatic nitrogens is 1. The molecule has 0 saturated heterocycles. The number of nitrogens with zero attached hydrogens (tertiary/aromatic N) is 2. The second kappa shape index (κ2) is 7.36. The Morgan fingerprint density at radius 2 is 1.96 bits per heavy atom. The van der Waals surface area contributed by atoms with Gasteiger partial charge in [-0.2, -0.15) is 5.26 Å². The first kappa shape index (κ1) is 18.1. The zero-order valence-electron chi connectivity index (χ0n) is 16.1. The lowest BCUT2D eigenvalue weighted by atomic mass is 9.81. The lowest BCUT2D eigenvalue weighted by Gasteiger charge is -2.37. The van der Waals surface area contributed by atoms with E-state index in [1.807, 2.05) is 54.6 Å². The second-order valence-electron chi connectivity index (χ2n) is 7.68. The lowest BCUT2D eigenvalue weighted by molar-refractivity contribution is 0.0769. The van der Waals surface area contributed by atoms with E-state index in [2.05, 4.69) is 24.9 Å². The first-order valence-electron chi connectivity index (χ1n) is 9.40. The summed E-state index contributed by atoms with van der Waals surface area (Å²) in [6, 6.07) is 21.8. The SMILES string of the molecule is CC1(C)CC(c2ccc(OCc3ccccc3)cn2)c2cc(C#N)ccc2O1. The van der Waals surface area contributed by atoms with Crippen molar-refractivity contribution in [2.75, 3.05) is 0 Å². The van der Waals surface area contributed by atoms with Crippen LogP contribution in [-0.4, -0.2) is 10.6 Å². The topological polar surface area (TPSA) is 55.1 Å². The standard InChI is InChI=1S/C24H22N2O2/c1-24(2)13-21(20-12-18(14-25)8-11-23(20)28-24)22-10-9-19(15-26-22)27-16-17-6-4-3-5-7-17/h3-12,15,21H,13,16H2,1-2H3. The Hall–Kier alpha value is -3.32. The molecule has 28 heavy (non-hydrogen) atoms. The van der Waals surface area contributed by atoms with Gasteiger partial charge in [0.15, 0.2) is 0 Å². The molecule has 0 radical (unpaired) electrons. The van der Waals surface area contributed by atoms with Crippen molar-refractivity contribution in [3.8, 4) is 17.6 Å². The highest BCUT2D eigenvalue weighted by molar-refractivity contribution is 5.48. The summed E-state index contributed by atoms with van der Waals surface area (Å²) in [6.45, 7) is 4.68. The summed E-state index contributed by atoms with van der Waals surface area (Å²) in [5, 5.41) is 9.27. The van der Waals surface area contributed by atoms with E-state index in [4.69, 9.17) is 9.47 Å². The molecule has 0 spiro atoms. The fraction of sp³-hybridized carbons (Fsp3) is 0.250. The Bertz CT molecular complexity index is 1010. The van der Waals surface area contributed by atoms with Gasteiger partial charge in [-0.05, 0) is 56.2 Å². The maximum absolute atomic E-state index is 9.27. The van der Waals surface area contributed by atoms with E-state index in [-0.39, 0.29) is 11.5 Å². The highest BCUT2D eigenvalue weighted by Gasteiger charge is 2.35. The van der Waals surface area contributed by atoms with Gasteiger partial charge >= 0.3 is 0 Å². The van der Waals surface area contributed by atoms with E-state index in [1.54, 1.807) is 12.3 Å². The molecule has 0 fully saturated rings. The van der Waals surface area contributed by atoms with Crippen LogP contribution in [0.1, 0.15) is 48.6 Å². The normalized spacial score (nSPS) is 17.1. The maximum atomic E-state index is 9.27. The molecule has 3 aromatic rings. The Labute approximate surface area is 165 Å². The molecule has 1 atom stereocenters. The largest absolute Gasteiger partial charge is 0.488 e. The summed E-state index contributed by atoms with van der Waals surface area (Å²) < 4.78 is 12.0. The summed E-state index contributed by atoms with van der Waals surface area (Å²) in [7, 11) is 0. The number of hydrogen-bond donors (Lipinski definition) is 0. The molecular formula is C24H22N2O2. The molecule has 4 rings (SSSR count). The van der Waals surface area contributed by atoms with E-state index >= 15 is 0 Å². The predicted molar refractivity (Wildman–Crippen MR) is 107 cm³/mol. The molecule has 0 amide bonds. The van der Waals surface area contributed by atoms with Crippen molar-refractivity contribution in [1.82, 2.24) is 4.98 Å². The number of ether oxygens (including phenoxy) is 2. The van der Waals surface area contributed by atoms with Gasteiger partial charge in [0.1, 0.15) is 23.7 Å². The zero-order chi connectivity index (χ0) is 19.6. The molecule has 2 heterocycles. The minimum absolute atomic E-state index is 0.0789. The van der Waals surface area contributed by atoms with E-state index in [9.17, 15) is 5.26 Å². The third kappa shape index (κ3) is 3.84. The highest BCUT2D eigenvalue weighted by Crippen LogP contribution is 2.44. The quantitative estimate of drug-likeness (QED) is 0.631. The van der Waals surface area contributed by atoms with Crippen molar-refractivity contribution in [3.63, 3.8) is 0 Å². The molecule has 1 aliphatic heterocycles. The number of hydrogen-bond acceptors (Lipinski definition) is 4. The van der Waals surface area contributed by atoms with Crippen molar-refractivity contribution in [2.24, 2.45) is 0 Å². The molecule has 140 valence electrons. The number of nitriles is 1. The molecule has 2 aromatic carbocycles. The molecule has 0 N–H and O–H groups in total. The van der Waals surface area contributed by atoms with Crippen molar-refractivity contribution in [2.45, 2.75) is 38.4 Å². The Morgan fingerprint density at radius 3 is 2.68 bits per heavy atom. The van der Waals surface area contributed by atoms with Crippen molar-refractivity contribution in [1.29, 1.82) is 5.26 Å². The number of pyridine rings is 1. The Morgan fingerprint density at radius 1 is 1.14 bits per heavy atom. The van der Waals surface area contributed by atoms with Gasteiger partial charge in [0.25, 0.3) is 0 Å². The molecule has 1 aliphatic rings. The lowest BCUT2D eigenvalue weighted by Crippen LogP contribution is -2.35. The van der Waals surface area contributed by atoms with Crippen LogP contribution < -0.4 is 9.47 Å². The van der Waals surface area contributed by atoms with Crippen LogP contribution in [0, 0.1) is 11.3 Å². The molecule has 4 nitrogen and oxygen atoms in total. The predicted octanol–water partition coefficient (Wildman–Crippen LogP) is 5.23. The fourth-order valence-electron chi connectivity index (χ4n) is 3.61. The van der Waals surface area contributed by atoms with Crippen LogP contribution in [0.4, 0.5) is 0 Å². The molecule has 1 unspecified atom stereocenters. The van der Waals surface area contributed by atoms with Gasteiger partial charge in [-0.15, -0.1) is 0 Å². The molecule has 1 aromatic heterocycles. The molecule has 0 bridgehead atoms. The van der Waals surface area contributed by atoms with E-state index in [0.29, 0.717) is 12.2 Å². The van der Waals surface area contributed by atoms with E-state index in [1.165, 1.54) is 0 Å². The molecule has 0 saturated carbocycles. The summed E-state index contributed by atoms with van der Waals surface area (Å²) >= 11 is 0. The molecule has 0 aliphatic carbocycles. The van der Waals surface area contributed by atoms with Crippen molar-refractivity contribution < 1.29 is 9.47 Å². The molecule has 4 heteroatoms. The minimum Gasteiger partial charge on any atom is -0.488 e. The monoisotopic (exact) mass is 370 g/mol. The van der Waals surface area contributed by atoms with Crippen LogP contribution in [0.3, 0.4) is 0 Å². The highest BCUT2D eigenvalue weighted by atomic mass is 16.5. The van der Waals surface area contributed by atoms with Gasteiger partial charge < -0.3 is 9.47 Å². The third-order valence-electron chi connectivity index (χ3n) is 4.96. The van der Waals surface area contributed by atoms with Crippen LogP contribution >= 0.6 is 0 Å². The van der Waals surface area contributed by atoms with Gasteiger partial charge in [0.2, 0.25) is 0 Å². The maximum Gasteiger partial charge on any atom is 0.138 e. The van der Waals surface area contributed by atoms with Crippen LogP contribution in [0.5, 0.6) is 11.5 Å². The summed E-state index contributed by atoms with van der Waals surface area (Å²) in [5.74, 6) is 1.64. The van der Waals surface area contributed by atoms with Crippen molar-refractivity contribution in [3.05, 3.63) is 89.2 Å². The first-order chi connectivity index (χ1) is 13.5. The third-order valence-corrected chi connectivity index (χ3v) is 4.96. The number of rotatable bonds is 4. The van der Waals surface area contributed by atoms with Crippen LogP contribution in [0.25, 0.3) is 0 Å². The van der Waals surface area contributed by atoms with E-state index in [0.717, 1.165) is 34.7 Å². The smallest absolute Gasteiger partial charge is 0.138 e. The average Bonchev–Trinajstić information content (AvgIpc) is 2.72. The first-order valence-corrected chi connectivity index (χ1v) is 9.40. The fourth-order valence-corrected chi connectivity index (χ4v) is 3.61. The average molecular weight is 370 g/mol. The van der Waals surface area contributed by atoms with Gasteiger partial charge in [-0.25, -0.2) is 0 Å². The van der Waals surface area contributed by atoms with Gasteiger partial charge in [-0.1, -0.05) is 30.3 Å². The number of benzene rings is 2. The Balaban J connectivity index is 1.58. The van der Waals surface area contributed by atoms with Crippen LogP contribution in [0.15, 0.2) is 66.9 Å². The summed E-state index contributed by atoms with van der Waals surface area (Å²) in [5.41, 5.74) is 3.44. The minimum atomic E-state index is -0.296. The molecular weight excluding hydrogens is 348 g/mol. The summed E-state index contributed by atoms with van der Waals surface area (Å²) in [6.07, 6.45) is 2.57. The van der Waals surface area contributed by atoms with Crippen molar-refractivity contribution >= 4 is 0 Å². The number of fused-ring (bicyclic) bond motifs is 1. The van der Waals surface area contributed by atoms with Gasteiger partial charge in [-0.3, -0.25) is 4.98 Å². The zero-order valence-corrected chi connectivity index (χ0v) is 16.1. The van der Waals surface area contributed by atoms with Gasteiger partial charge in [0, 0.05) is 17.2 Å². The van der Waals surface area contributed by atoms with Crippen LogP contribution in [0.2, 0.25) is 0 Å². The van der Waals surface area contributed by atoms with Gasteiger partial charge in [0.05, 0.1) is 17.8 Å². The summed E-state index contributed by atoms with van der Waals surface area (Å²) in [4.78, 5) is 4.67. The van der Waals surface area contributed by atoms with E-state index < -0.39 is 0 Å².